The first kappa shape index (κ1) is 15.7. The number of anilines is 1. The molecule has 2 aromatic rings. The van der Waals surface area contributed by atoms with Crippen LogP contribution >= 0.6 is 0 Å². The molecular formula is C17H19NO4. The van der Waals surface area contributed by atoms with Crippen molar-refractivity contribution in [3.8, 4) is 11.5 Å². The van der Waals surface area contributed by atoms with Gasteiger partial charge in [0.25, 0.3) is 0 Å². The average Bonchev–Trinajstić information content (AvgIpc) is 2.59. The molecule has 5 heteroatoms. The Morgan fingerprint density at radius 1 is 1.05 bits per heavy atom. The summed E-state index contributed by atoms with van der Waals surface area (Å²) in [5, 5.41) is 3.23. The SMILES string of the molecule is COC(=O)c1c(NCc2ccccc2)cc(OC)cc1OC. The smallest absolute Gasteiger partial charge is 0.343 e. The van der Waals surface area contributed by atoms with Crippen molar-refractivity contribution in [2.24, 2.45) is 0 Å². The molecule has 0 heterocycles. The van der Waals surface area contributed by atoms with Crippen LogP contribution in [0.3, 0.4) is 0 Å². The number of hydrogen-bond acceptors (Lipinski definition) is 5. The van der Waals surface area contributed by atoms with Crippen LogP contribution in [0.15, 0.2) is 42.5 Å². The summed E-state index contributed by atoms with van der Waals surface area (Å²) in [7, 11) is 4.41. The van der Waals surface area contributed by atoms with Gasteiger partial charge in [-0.05, 0) is 5.56 Å². The number of nitrogens with one attached hydrogen (secondary N) is 1. The fourth-order valence-corrected chi connectivity index (χ4v) is 2.11. The van der Waals surface area contributed by atoms with Gasteiger partial charge in [-0.15, -0.1) is 0 Å². The predicted molar refractivity (Wildman–Crippen MR) is 84.7 cm³/mol. The van der Waals surface area contributed by atoms with E-state index in [1.807, 2.05) is 30.3 Å². The lowest BCUT2D eigenvalue weighted by Gasteiger charge is -2.16. The Labute approximate surface area is 129 Å². The van der Waals surface area contributed by atoms with Gasteiger partial charge in [0.05, 0.1) is 27.0 Å². The molecule has 2 aromatic carbocycles. The fourth-order valence-electron chi connectivity index (χ4n) is 2.11. The van der Waals surface area contributed by atoms with Crippen molar-refractivity contribution in [2.75, 3.05) is 26.6 Å². The zero-order valence-corrected chi connectivity index (χ0v) is 12.9. The highest BCUT2D eigenvalue weighted by molar-refractivity contribution is 5.99. The third-order valence-electron chi connectivity index (χ3n) is 3.25. The standard InChI is InChI=1S/C17H19NO4/c1-20-13-9-14(18-11-12-7-5-4-6-8-12)16(17(19)22-3)15(10-13)21-2/h4-10,18H,11H2,1-3H3. The summed E-state index contributed by atoms with van der Waals surface area (Å²) < 4.78 is 15.4. The van der Waals surface area contributed by atoms with Crippen molar-refractivity contribution in [2.45, 2.75) is 6.54 Å². The molecule has 0 aliphatic heterocycles. The van der Waals surface area contributed by atoms with Crippen molar-refractivity contribution in [1.29, 1.82) is 0 Å². The molecule has 22 heavy (non-hydrogen) atoms. The Morgan fingerprint density at radius 2 is 1.77 bits per heavy atom. The number of benzene rings is 2. The lowest BCUT2D eigenvalue weighted by atomic mass is 10.1. The molecule has 0 bridgehead atoms. The van der Waals surface area contributed by atoms with Gasteiger partial charge in [0.15, 0.2) is 0 Å². The first-order valence-corrected chi connectivity index (χ1v) is 6.81. The van der Waals surface area contributed by atoms with Gasteiger partial charge < -0.3 is 19.5 Å². The molecule has 116 valence electrons. The summed E-state index contributed by atoms with van der Waals surface area (Å²) in [5.74, 6) is 0.539. The number of carbonyl (C=O) groups is 1. The first-order valence-electron chi connectivity index (χ1n) is 6.81. The third-order valence-corrected chi connectivity index (χ3v) is 3.25. The van der Waals surface area contributed by atoms with E-state index in [4.69, 9.17) is 14.2 Å². The summed E-state index contributed by atoms with van der Waals surface area (Å²) in [6, 6.07) is 13.3. The minimum absolute atomic E-state index is 0.349. The van der Waals surface area contributed by atoms with E-state index in [0.717, 1.165) is 5.56 Å². The highest BCUT2D eigenvalue weighted by atomic mass is 16.5. The van der Waals surface area contributed by atoms with Gasteiger partial charge in [-0.25, -0.2) is 4.79 Å². The van der Waals surface area contributed by atoms with Crippen LogP contribution in [0.2, 0.25) is 0 Å². The topological polar surface area (TPSA) is 56.8 Å². The van der Waals surface area contributed by atoms with Crippen LogP contribution in [0.1, 0.15) is 15.9 Å². The second-order valence-corrected chi connectivity index (χ2v) is 4.58. The third kappa shape index (κ3) is 3.49. The molecule has 0 amide bonds. The summed E-state index contributed by atoms with van der Waals surface area (Å²) in [6.45, 7) is 0.571. The average molecular weight is 301 g/mol. The van der Waals surface area contributed by atoms with E-state index in [2.05, 4.69) is 5.32 Å². The number of hydrogen-bond donors (Lipinski definition) is 1. The molecule has 0 spiro atoms. The molecule has 0 saturated heterocycles. The predicted octanol–water partition coefficient (Wildman–Crippen LogP) is 3.10. The van der Waals surface area contributed by atoms with Gasteiger partial charge in [0.2, 0.25) is 0 Å². The van der Waals surface area contributed by atoms with E-state index >= 15 is 0 Å². The molecule has 0 unspecified atom stereocenters. The van der Waals surface area contributed by atoms with Crippen LogP contribution in [0.5, 0.6) is 11.5 Å². The Morgan fingerprint density at radius 3 is 2.36 bits per heavy atom. The lowest BCUT2D eigenvalue weighted by Crippen LogP contribution is -2.10. The molecule has 2 rings (SSSR count). The number of methoxy groups -OCH3 is 3. The summed E-state index contributed by atoms with van der Waals surface area (Å²) in [5.41, 5.74) is 2.05. The van der Waals surface area contributed by atoms with E-state index in [-0.39, 0.29) is 0 Å². The maximum Gasteiger partial charge on any atom is 0.343 e. The van der Waals surface area contributed by atoms with E-state index in [9.17, 15) is 4.79 Å². The van der Waals surface area contributed by atoms with Gasteiger partial charge >= 0.3 is 5.97 Å². The molecule has 0 aromatic heterocycles. The molecule has 0 atom stereocenters. The normalized spacial score (nSPS) is 9.95. The highest BCUT2D eigenvalue weighted by Crippen LogP contribution is 2.33. The molecular weight excluding hydrogens is 282 g/mol. The van der Waals surface area contributed by atoms with Crippen LogP contribution in [-0.2, 0) is 11.3 Å². The molecule has 0 aliphatic rings. The molecule has 0 aliphatic carbocycles. The van der Waals surface area contributed by atoms with Crippen molar-refractivity contribution in [3.05, 3.63) is 53.6 Å². The van der Waals surface area contributed by atoms with Crippen LogP contribution < -0.4 is 14.8 Å². The van der Waals surface area contributed by atoms with Crippen LogP contribution in [0, 0.1) is 0 Å². The van der Waals surface area contributed by atoms with Crippen molar-refractivity contribution in [1.82, 2.24) is 0 Å². The van der Waals surface area contributed by atoms with Crippen molar-refractivity contribution >= 4 is 11.7 Å². The van der Waals surface area contributed by atoms with Crippen molar-refractivity contribution in [3.63, 3.8) is 0 Å². The number of esters is 1. The second kappa shape index (κ2) is 7.36. The monoisotopic (exact) mass is 301 g/mol. The van der Waals surface area contributed by atoms with Crippen LogP contribution in [0.25, 0.3) is 0 Å². The Bertz CT molecular complexity index is 641. The zero-order valence-electron chi connectivity index (χ0n) is 12.9. The summed E-state index contributed by atoms with van der Waals surface area (Å²) in [4.78, 5) is 12.0. The lowest BCUT2D eigenvalue weighted by molar-refractivity contribution is 0.0598. The van der Waals surface area contributed by atoms with Crippen molar-refractivity contribution < 1.29 is 19.0 Å². The van der Waals surface area contributed by atoms with Gasteiger partial charge in [0, 0.05) is 18.7 Å². The minimum atomic E-state index is -0.463. The van der Waals surface area contributed by atoms with E-state index in [0.29, 0.717) is 29.3 Å². The maximum absolute atomic E-state index is 12.0. The number of ether oxygens (including phenoxy) is 3. The van der Waals surface area contributed by atoms with Crippen LogP contribution in [-0.4, -0.2) is 27.3 Å². The number of carbonyl (C=O) groups excluding carboxylic acids is 1. The minimum Gasteiger partial charge on any atom is -0.497 e. The van der Waals surface area contributed by atoms with Gasteiger partial charge in [-0.1, -0.05) is 30.3 Å². The first-order chi connectivity index (χ1) is 10.7. The van der Waals surface area contributed by atoms with E-state index in [1.54, 1.807) is 19.2 Å². The Kier molecular flexibility index (Phi) is 5.25. The van der Waals surface area contributed by atoms with E-state index < -0.39 is 5.97 Å². The molecule has 0 saturated carbocycles. The van der Waals surface area contributed by atoms with Gasteiger partial charge in [-0.3, -0.25) is 0 Å². The molecule has 1 N–H and O–H groups in total. The fraction of sp³-hybridized carbons (Fsp3) is 0.235. The Balaban J connectivity index is 2.36. The van der Waals surface area contributed by atoms with Gasteiger partial charge in [0.1, 0.15) is 17.1 Å². The quantitative estimate of drug-likeness (QED) is 0.831. The summed E-state index contributed by atoms with van der Waals surface area (Å²) >= 11 is 0. The second-order valence-electron chi connectivity index (χ2n) is 4.58. The number of rotatable bonds is 6. The Hall–Kier alpha value is -2.69. The molecule has 0 fully saturated rings. The van der Waals surface area contributed by atoms with E-state index in [1.165, 1.54) is 14.2 Å². The summed E-state index contributed by atoms with van der Waals surface area (Å²) in [6.07, 6.45) is 0. The largest absolute Gasteiger partial charge is 0.497 e. The van der Waals surface area contributed by atoms with Crippen LogP contribution in [0.4, 0.5) is 5.69 Å². The molecule has 0 radical (unpaired) electrons. The molecule has 5 nitrogen and oxygen atoms in total. The zero-order chi connectivity index (χ0) is 15.9. The highest BCUT2D eigenvalue weighted by Gasteiger charge is 2.20. The van der Waals surface area contributed by atoms with Gasteiger partial charge in [-0.2, -0.15) is 0 Å². The maximum atomic E-state index is 12.0.